The van der Waals surface area contributed by atoms with Crippen LogP contribution in [0.15, 0.2) is 158 Å². The van der Waals surface area contributed by atoms with Crippen molar-refractivity contribution in [3.63, 3.8) is 0 Å². The highest BCUT2D eigenvalue weighted by Crippen LogP contribution is 2.15. The molecule has 0 spiro atoms. The molecule has 0 saturated heterocycles. The maximum atomic E-state index is 12.9. The fourth-order valence-corrected chi connectivity index (χ4v) is 7.96. The summed E-state index contributed by atoms with van der Waals surface area (Å²) in [6.07, 6.45) is 92.5. The Morgan fingerprint density at radius 2 is 0.519 bits per heavy atom. The molecule has 0 saturated carbocycles. The van der Waals surface area contributed by atoms with Gasteiger partial charge in [-0.2, -0.15) is 0 Å². The van der Waals surface area contributed by atoms with Crippen molar-refractivity contribution in [3.05, 3.63) is 158 Å². The Morgan fingerprint density at radius 1 is 0.273 bits per heavy atom. The average molecular weight is 1060 g/mol. The number of carbonyl (C=O) groups excluding carboxylic acids is 3. The predicted molar refractivity (Wildman–Crippen MR) is 334 cm³/mol. The Morgan fingerprint density at radius 3 is 0.831 bits per heavy atom. The van der Waals surface area contributed by atoms with E-state index in [0.717, 1.165) is 122 Å². The Kier molecular flexibility index (Phi) is 59.5. The summed E-state index contributed by atoms with van der Waals surface area (Å²) < 4.78 is 16.8. The molecule has 432 valence electrons. The zero-order chi connectivity index (χ0) is 55.7. The summed E-state index contributed by atoms with van der Waals surface area (Å²) in [4.78, 5) is 38.2. The van der Waals surface area contributed by atoms with Crippen LogP contribution in [-0.4, -0.2) is 37.2 Å². The van der Waals surface area contributed by atoms with Gasteiger partial charge in [-0.15, -0.1) is 0 Å². The van der Waals surface area contributed by atoms with Crippen molar-refractivity contribution in [1.29, 1.82) is 0 Å². The van der Waals surface area contributed by atoms with Crippen LogP contribution in [0.2, 0.25) is 0 Å². The summed E-state index contributed by atoms with van der Waals surface area (Å²) in [5, 5.41) is 0. The molecule has 0 aromatic carbocycles. The highest BCUT2D eigenvalue weighted by atomic mass is 16.6. The Hall–Kier alpha value is -4.97. The molecule has 0 aliphatic rings. The molecule has 0 aromatic rings. The van der Waals surface area contributed by atoms with E-state index in [2.05, 4.69) is 179 Å². The summed E-state index contributed by atoms with van der Waals surface area (Å²) in [6.45, 7) is 6.33. The van der Waals surface area contributed by atoms with Crippen molar-refractivity contribution < 1.29 is 28.6 Å². The van der Waals surface area contributed by atoms with Crippen LogP contribution in [0.3, 0.4) is 0 Å². The fraction of sp³-hybridized carbons (Fsp3) is 0.592. The summed E-state index contributed by atoms with van der Waals surface area (Å²) in [6, 6.07) is 0. The minimum absolute atomic E-state index is 0.119. The quantitative estimate of drug-likeness (QED) is 0.0261. The maximum Gasteiger partial charge on any atom is 0.306 e. The summed E-state index contributed by atoms with van der Waals surface area (Å²) >= 11 is 0. The molecular formula is C71H112O6. The number of rotatable bonds is 54. The van der Waals surface area contributed by atoms with E-state index in [-0.39, 0.29) is 44.0 Å². The first-order chi connectivity index (χ1) is 38.0. The third kappa shape index (κ3) is 61.8. The van der Waals surface area contributed by atoms with Crippen LogP contribution in [0.1, 0.15) is 252 Å². The molecule has 0 heterocycles. The lowest BCUT2D eigenvalue weighted by Gasteiger charge is -2.18. The van der Waals surface area contributed by atoms with E-state index in [0.29, 0.717) is 19.3 Å². The van der Waals surface area contributed by atoms with Crippen molar-refractivity contribution in [2.75, 3.05) is 13.2 Å². The van der Waals surface area contributed by atoms with Gasteiger partial charge in [0.05, 0.1) is 0 Å². The van der Waals surface area contributed by atoms with Crippen molar-refractivity contribution >= 4 is 17.9 Å². The lowest BCUT2D eigenvalue weighted by Crippen LogP contribution is -2.30. The van der Waals surface area contributed by atoms with Crippen LogP contribution in [0.4, 0.5) is 0 Å². The van der Waals surface area contributed by atoms with Crippen LogP contribution < -0.4 is 0 Å². The summed E-state index contributed by atoms with van der Waals surface area (Å²) in [5.41, 5.74) is 0. The largest absolute Gasteiger partial charge is 0.462 e. The molecule has 0 fully saturated rings. The first-order valence-electron chi connectivity index (χ1n) is 31.0. The summed E-state index contributed by atoms with van der Waals surface area (Å²) in [7, 11) is 0. The molecule has 6 nitrogen and oxygen atoms in total. The minimum Gasteiger partial charge on any atom is -0.462 e. The van der Waals surface area contributed by atoms with Crippen LogP contribution >= 0.6 is 0 Å². The number of ether oxygens (including phenoxy) is 3. The van der Waals surface area contributed by atoms with Gasteiger partial charge in [0, 0.05) is 19.3 Å². The van der Waals surface area contributed by atoms with E-state index in [9.17, 15) is 14.4 Å². The SMILES string of the molecule is CC/C=C\C/C=C\C/C=C\C/C=C\C/C=C\C/C=C\C/C=C\C/C=C\CCCCC(=O)OCC(COC(=O)CCCCCCCCCCCCCCCCC)OC(=O)CCC/C=C\C/C=C\C/C=C\C/C=C\C/C=C\CC. The lowest BCUT2D eigenvalue weighted by molar-refractivity contribution is -0.167. The average Bonchev–Trinajstić information content (AvgIpc) is 3.43. The lowest BCUT2D eigenvalue weighted by atomic mass is 10.0. The van der Waals surface area contributed by atoms with Gasteiger partial charge in [0.15, 0.2) is 6.10 Å². The predicted octanol–water partition coefficient (Wildman–Crippen LogP) is 21.3. The van der Waals surface area contributed by atoms with Crippen LogP contribution in [0, 0.1) is 0 Å². The Labute approximate surface area is 473 Å². The topological polar surface area (TPSA) is 78.9 Å². The van der Waals surface area contributed by atoms with Crippen LogP contribution in [-0.2, 0) is 28.6 Å². The smallest absolute Gasteiger partial charge is 0.306 e. The van der Waals surface area contributed by atoms with Gasteiger partial charge in [-0.25, -0.2) is 0 Å². The van der Waals surface area contributed by atoms with Gasteiger partial charge in [0.25, 0.3) is 0 Å². The molecule has 0 bridgehead atoms. The zero-order valence-corrected chi connectivity index (χ0v) is 49.4. The molecule has 0 aliphatic heterocycles. The number of carbonyl (C=O) groups is 3. The first kappa shape index (κ1) is 72.0. The molecule has 0 N–H and O–H groups in total. The molecule has 0 aromatic heterocycles. The summed E-state index contributed by atoms with van der Waals surface area (Å²) in [5.74, 6) is -1.03. The molecule has 1 atom stereocenters. The zero-order valence-electron chi connectivity index (χ0n) is 49.4. The van der Waals surface area contributed by atoms with Gasteiger partial charge >= 0.3 is 17.9 Å². The van der Waals surface area contributed by atoms with E-state index in [4.69, 9.17) is 14.2 Å². The Balaban J connectivity index is 4.53. The normalized spacial score (nSPS) is 13.2. The van der Waals surface area contributed by atoms with E-state index >= 15 is 0 Å². The molecule has 0 radical (unpaired) electrons. The number of hydrogen-bond acceptors (Lipinski definition) is 6. The highest BCUT2D eigenvalue weighted by Gasteiger charge is 2.19. The first-order valence-corrected chi connectivity index (χ1v) is 31.0. The van der Waals surface area contributed by atoms with E-state index in [1.807, 2.05) is 0 Å². The molecule has 0 rings (SSSR count). The second-order valence-corrected chi connectivity index (χ2v) is 19.9. The van der Waals surface area contributed by atoms with Crippen molar-refractivity contribution in [1.82, 2.24) is 0 Å². The van der Waals surface area contributed by atoms with Crippen LogP contribution in [0.25, 0.3) is 0 Å². The van der Waals surface area contributed by atoms with Gasteiger partial charge < -0.3 is 14.2 Å². The molecule has 0 amide bonds. The molecule has 77 heavy (non-hydrogen) atoms. The van der Waals surface area contributed by atoms with Crippen molar-refractivity contribution in [2.45, 2.75) is 258 Å². The second-order valence-electron chi connectivity index (χ2n) is 19.9. The van der Waals surface area contributed by atoms with E-state index in [1.165, 1.54) is 77.0 Å². The van der Waals surface area contributed by atoms with Gasteiger partial charge in [-0.1, -0.05) is 269 Å². The van der Waals surface area contributed by atoms with Gasteiger partial charge in [-0.05, 0) is 122 Å². The number of hydrogen-bond donors (Lipinski definition) is 0. The molecule has 1 unspecified atom stereocenters. The van der Waals surface area contributed by atoms with Gasteiger partial charge in [0.1, 0.15) is 13.2 Å². The highest BCUT2D eigenvalue weighted by molar-refractivity contribution is 5.71. The van der Waals surface area contributed by atoms with Crippen molar-refractivity contribution in [3.8, 4) is 0 Å². The standard InChI is InChI=1S/C71H112O6/c1-4-7-10-13-16-19-22-25-28-30-31-32-33-34-35-36-37-38-39-41-43-46-49-52-55-58-61-64-70(73)76-67-68(66-75-69(72)63-60-57-54-51-48-45-42-27-24-21-18-15-12-9-6-3)77-71(74)65-62-59-56-53-50-47-44-40-29-26-23-20-17-14-11-8-5-2/h7-8,10-11,16-17,19-20,25-26,28-29,31-32,34-35,37-38,41,43-44,47,49,52-53,56,68H,4-6,9,12-15,18,21-24,27,30,33,36,39-40,42,45-46,48,50-51,54-55,57-67H2,1-3H3/b10-7-,11-8-,19-16-,20-17-,28-25-,29-26-,32-31-,35-34-,38-37-,43-41-,47-44-,52-49-,56-53-. The van der Waals surface area contributed by atoms with Crippen molar-refractivity contribution in [2.24, 2.45) is 0 Å². The molecule has 6 heteroatoms. The van der Waals surface area contributed by atoms with Gasteiger partial charge in [-0.3, -0.25) is 14.4 Å². The van der Waals surface area contributed by atoms with E-state index < -0.39 is 6.10 Å². The van der Waals surface area contributed by atoms with Gasteiger partial charge in [0.2, 0.25) is 0 Å². The van der Waals surface area contributed by atoms with Crippen LogP contribution in [0.5, 0.6) is 0 Å². The third-order valence-corrected chi connectivity index (χ3v) is 12.5. The molecule has 0 aliphatic carbocycles. The monoisotopic (exact) mass is 1060 g/mol. The number of allylic oxidation sites excluding steroid dienone is 26. The maximum absolute atomic E-state index is 12.9. The second kappa shape index (κ2) is 63.6. The number of unbranched alkanes of at least 4 members (excludes halogenated alkanes) is 17. The fourth-order valence-electron chi connectivity index (χ4n) is 7.96. The number of esters is 3. The third-order valence-electron chi connectivity index (χ3n) is 12.5. The Bertz CT molecular complexity index is 1740. The van der Waals surface area contributed by atoms with E-state index in [1.54, 1.807) is 0 Å². The molecular weight excluding hydrogens is 949 g/mol. The minimum atomic E-state index is -0.833.